The fourth-order valence-electron chi connectivity index (χ4n) is 2.19. The first-order valence-electron chi connectivity index (χ1n) is 6.22. The van der Waals surface area contributed by atoms with E-state index in [0.29, 0.717) is 11.6 Å². The van der Waals surface area contributed by atoms with Gasteiger partial charge >= 0.3 is 0 Å². The molecule has 0 aliphatic rings. The highest BCUT2D eigenvalue weighted by Gasteiger charge is 2.25. The Morgan fingerprint density at radius 3 is 2.18 bits per heavy atom. The zero-order valence-corrected chi connectivity index (χ0v) is 11.9. The molecule has 1 aromatic heterocycles. The van der Waals surface area contributed by atoms with E-state index in [2.05, 4.69) is 34.6 Å². The number of rotatable bonds is 3. The Bertz CT molecular complexity index is 446. The van der Waals surface area contributed by atoms with Crippen LogP contribution in [-0.2, 0) is 19.0 Å². The summed E-state index contributed by atoms with van der Waals surface area (Å²) in [4.78, 5) is 12.1. The molecule has 0 saturated carbocycles. The number of hydrogen-bond acceptors (Lipinski definition) is 2. The van der Waals surface area contributed by atoms with E-state index in [0.717, 1.165) is 18.7 Å². The second-order valence-electron chi connectivity index (χ2n) is 6.15. The predicted octanol–water partition coefficient (Wildman–Crippen LogP) is 2.11. The van der Waals surface area contributed by atoms with Crippen molar-refractivity contribution in [1.29, 1.82) is 0 Å². The molecule has 98 valence electrons. The highest BCUT2D eigenvalue weighted by Crippen LogP contribution is 2.25. The van der Waals surface area contributed by atoms with Gasteiger partial charge in [0, 0.05) is 19.0 Å². The molecule has 0 spiro atoms. The van der Waals surface area contributed by atoms with Crippen molar-refractivity contribution in [1.82, 2.24) is 9.36 Å². The third-order valence-electron chi connectivity index (χ3n) is 3.03. The van der Waals surface area contributed by atoms with E-state index in [1.165, 1.54) is 0 Å². The quantitative estimate of drug-likeness (QED) is 0.878. The molecule has 1 heterocycles. The molecule has 4 heteroatoms. The molecule has 0 bridgehead atoms. The standard InChI is InChI=1S/C13H25N3O/c1-9(2)7-8-16-12(17)10(14)11(15(16)6)13(3,4)5/h9H,7-8,14H2,1-6H3. The largest absolute Gasteiger partial charge is 0.393 e. The molecule has 0 aliphatic carbocycles. The van der Waals surface area contributed by atoms with E-state index < -0.39 is 0 Å². The Morgan fingerprint density at radius 2 is 1.82 bits per heavy atom. The molecule has 1 aromatic rings. The summed E-state index contributed by atoms with van der Waals surface area (Å²) in [5, 5.41) is 0. The summed E-state index contributed by atoms with van der Waals surface area (Å²) in [6.45, 7) is 11.3. The Hall–Kier alpha value is -1.19. The van der Waals surface area contributed by atoms with Crippen molar-refractivity contribution >= 4 is 5.69 Å². The highest BCUT2D eigenvalue weighted by atomic mass is 16.1. The van der Waals surface area contributed by atoms with Crippen LogP contribution < -0.4 is 11.3 Å². The lowest BCUT2D eigenvalue weighted by Crippen LogP contribution is -2.24. The summed E-state index contributed by atoms with van der Waals surface area (Å²) in [5.41, 5.74) is 7.09. The summed E-state index contributed by atoms with van der Waals surface area (Å²) in [7, 11) is 1.92. The number of anilines is 1. The van der Waals surface area contributed by atoms with Crippen molar-refractivity contribution < 1.29 is 0 Å². The maximum Gasteiger partial charge on any atom is 0.290 e. The molecule has 2 N–H and O–H groups in total. The smallest absolute Gasteiger partial charge is 0.290 e. The average molecular weight is 239 g/mol. The maximum absolute atomic E-state index is 12.1. The Kier molecular flexibility index (Phi) is 3.74. The van der Waals surface area contributed by atoms with Crippen LogP contribution in [0, 0.1) is 5.92 Å². The maximum atomic E-state index is 12.1. The number of hydrogen-bond donors (Lipinski definition) is 1. The molecule has 0 atom stereocenters. The molecule has 0 saturated heterocycles. The van der Waals surface area contributed by atoms with E-state index in [4.69, 9.17) is 5.73 Å². The Morgan fingerprint density at radius 1 is 1.29 bits per heavy atom. The van der Waals surface area contributed by atoms with E-state index in [1.54, 1.807) is 4.68 Å². The number of nitrogens with two attached hydrogens (primary N) is 1. The number of aromatic nitrogens is 2. The average Bonchev–Trinajstić information content (AvgIpc) is 2.35. The molecule has 4 nitrogen and oxygen atoms in total. The zero-order valence-electron chi connectivity index (χ0n) is 11.9. The lowest BCUT2D eigenvalue weighted by Gasteiger charge is -2.21. The van der Waals surface area contributed by atoms with Gasteiger partial charge in [-0.2, -0.15) is 0 Å². The van der Waals surface area contributed by atoms with Gasteiger partial charge in [-0.15, -0.1) is 0 Å². The van der Waals surface area contributed by atoms with Crippen LogP contribution in [-0.4, -0.2) is 9.36 Å². The Balaban J connectivity index is 3.22. The predicted molar refractivity (Wildman–Crippen MR) is 72.2 cm³/mol. The van der Waals surface area contributed by atoms with Gasteiger partial charge in [-0.3, -0.25) is 9.48 Å². The molecule has 0 fully saturated rings. The van der Waals surface area contributed by atoms with Gasteiger partial charge in [0.25, 0.3) is 5.56 Å². The van der Waals surface area contributed by atoms with Gasteiger partial charge in [-0.05, 0) is 12.3 Å². The molecule has 0 unspecified atom stereocenters. The van der Waals surface area contributed by atoms with Crippen molar-refractivity contribution in [2.24, 2.45) is 13.0 Å². The molecule has 0 aromatic carbocycles. The highest BCUT2D eigenvalue weighted by molar-refractivity contribution is 5.45. The van der Waals surface area contributed by atoms with Gasteiger partial charge in [0.2, 0.25) is 0 Å². The van der Waals surface area contributed by atoms with Gasteiger partial charge in [0.15, 0.2) is 0 Å². The van der Waals surface area contributed by atoms with Gasteiger partial charge in [-0.1, -0.05) is 34.6 Å². The first-order valence-corrected chi connectivity index (χ1v) is 6.22. The van der Waals surface area contributed by atoms with E-state index in [1.807, 2.05) is 11.7 Å². The van der Waals surface area contributed by atoms with E-state index in [9.17, 15) is 4.79 Å². The first-order chi connectivity index (χ1) is 7.66. The lowest BCUT2D eigenvalue weighted by molar-refractivity contribution is 0.405. The topological polar surface area (TPSA) is 52.9 Å². The van der Waals surface area contributed by atoms with Crippen molar-refractivity contribution in [3.63, 3.8) is 0 Å². The van der Waals surface area contributed by atoms with Crippen molar-refractivity contribution in [3.8, 4) is 0 Å². The fourth-order valence-corrected chi connectivity index (χ4v) is 2.19. The molecule has 1 rings (SSSR count). The minimum Gasteiger partial charge on any atom is -0.393 e. The van der Waals surface area contributed by atoms with Crippen LogP contribution in [0.5, 0.6) is 0 Å². The van der Waals surface area contributed by atoms with Gasteiger partial charge in [0.1, 0.15) is 5.69 Å². The van der Waals surface area contributed by atoms with Crippen LogP contribution in [0.15, 0.2) is 4.79 Å². The van der Waals surface area contributed by atoms with E-state index >= 15 is 0 Å². The summed E-state index contributed by atoms with van der Waals surface area (Å²) >= 11 is 0. The van der Waals surface area contributed by atoms with E-state index in [-0.39, 0.29) is 11.0 Å². The van der Waals surface area contributed by atoms with Crippen LogP contribution >= 0.6 is 0 Å². The second-order valence-corrected chi connectivity index (χ2v) is 6.15. The van der Waals surface area contributed by atoms with Crippen LogP contribution in [0.4, 0.5) is 5.69 Å². The van der Waals surface area contributed by atoms with Gasteiger partial charge in [-0.25, -0.2) is 4.68 Å². The minimum absolute atomic E-state index is 0.0573. The second kappa shape index (κ2) is 4.59. The minimum atomic E-state index is -0.110. The van der Waals surface area contributed by atoms with Crippen LogP contribution in [0.3, 0.4) is 0 Å². The molecule has 0 aliphatic heterocycles. The molecule has 0 amide bonds. The molecular weight excluding hydrogens is 214 g/mol. The SMILES string of the molecule is CC(C)CCn1c(=O)c(N)c(C(C)(C)C)n1C. The van der Waals surface area contributed by atoms with Gasteiger partial charge in [0.05, 0.1) is 5.69 Å². The summed E-state index contributed by atoms with van der Waals surface area (Å²) < 4.78 is 3.66. The summed E-state index contributed by atoms with van der Waals surface area (Å²) in [5.74, 6) is 0.580. The lowest BCUT2D eigenvalue weighted by atomic mass is 9.91. The number of nitrogen functional groups attached to an aromatic ring is 1. The molecular formula is C13H25N3O. The molecule has 17 heavy (non-hydrogen) atoms. The fraction of sp³-hybridized carbons (Fsp3) is 0.769. The van der Waals surface area contributed by atoms with Crippen LogP contribution in [0.1, 0.15) is 46.7 Å². The normalized spacial score (nSPS) is 12.4. The third kappa shape index (κ3) is 2.73. The zero-order chi connectivity index (χ0) is 13.4. The summed E-state index contributed by atoms with van der Waals surface area (Å²) in [6, 6.07) is 0. The van der Waals surface area contributed by atoms with Crippen LogP contribution in [0.25, 0.3) is 0 Å². The van der Waals surface area contributed by atoms with Crippen molar-refractivity contribution in [2.45, 2.75) is 53.0 Å². The van der Waals surface area contributed by atoms with Gasteiger partial charge < -0.3 is 5.73 Å². The Labute approximate surface area is 103 Å². The van der Waals surface area contributed by atoms with Crippen molar-refractivity contribution in [2.75, 3.05) is 5.73 Å². The first kappa shape index (κ1) is 13.9. The van der Waals surface area contributed by atoms with Crippen LogP contribution in [0.2, 0.25) is 0 Å². The van der Waals surface area contributed by atoms with Crippen molar-refractivity contribution in [3.05, 3.63) is 16.0 Å². The third-order valence-corrected chi connectivity index (χ3v) is 3.03. The monoisotopic (exact) mass is 239 g/mol. The molecule has 0 radical (unpaired) electrons. The number of nitrogens with zero attached hydrogens (tertiary/aromatic N) is 2. The summed E-state index contributed by atoms with van der Waals surface area (Å²) in [6.07, 6.45) is 0.987.